The number of nitrogens with one attached hydrogen (secondary N) is 1. The van der Waals surface area contributed by atoms with Gasteiger partial charge in [0, 0.05) is 50.0 Å². The summed E-state index contributed by atoms with van der Waals surface area (Å²) in [6.07, 6.45) is 0.479. The van der Waals surface area contributed by atoms with Crippen molar-refractivity contribution in [1.82, 2.24) is 4.90 Å². The Morgan fingerprint density at radius 1 is 0.969 bits per heavy atom. The van der Waals surface area contributed by atoms with Crippen molar-refractivity contribution in [3.63, 3.8) is 0 Å². The second-order valence-electron chi connectivity index (χ2n) is 9.67. The van der Waals surface area contributed by atoms with Crippen LogP contribution in [0, 0.1) is 18.8 Å². The lowest BCUT2D eigenvalue weighted by molar-refractivity contribution is -0.116. The van der Waals surface area contributed by atoms with E-state index in [0.29, 0.717) is 30.4 Å². The molecule has 0 heterocycles. The monoisotopic (exact) mass is 437 g/mol. The molecule has 1 N–H and O–H groups in total. The van der Waals surface area contributed by atoms with E-state index in [0.717, 1.165) is 22.5 Å². The lowest BCUT2D eigenvalue weighted by Gasteiger charge is -2.33. The lowest BCUT2D eigenvalue weighted by Crippen LogP contribution is -2.41. The molecule has 2 aromatic rings. The molecule has 0 radical (unpaired) electrons. The number of aryl methyl sites for hydroxylation is 1. The van der Waals surface area contributed by atoms with Gasteiger partial charge in [0.25, 0.3) is 5.91 Å². The Kier molecular flexibility index (Phi) is 8.88. The van der Waals surface area contributed by atoms with Gasteiger partial charge in [-0.2, -0.15) is 0 Å². The van der Waals surface area contributed by atoms with E-state index in [-0.39, 0.29) is 17.9 Å². The van der Waals surface area contributed by atoms with E-state index in [1.54, 1.807) is 0 Å². The van der Waals surface area contributed by atoms with Crippen LogP contribution in [0.15, 0.2) is 42.5 Å². The van der Waals surface area contributed by atoms with E-state index < -0.39 is 0 Å². The van der Waals surface area contributed by atoms with Crippen LogP contribution in [0.4, 0.5) is 11.4 Å². The fourth-order valence-electron chi connectivity index (χ4n) is 3.70. The fourth-order valence-corrected chi connectivity index (χ4v) is 3.70. The Morgan fingerprint density at radius 2 is 1.66 bits per heavy atom. The van der Waals surface area contributed by atoms with Crippen molar-refractivity contribution in [3.8, 4) is 0 Å². The summed E-state index contributed by atoms with van der Waals surface area (Å²) in [5, 5.41) is 3.01. The summed E-state index contributed by atoms with van der Waals surface area (Å²) in [5.74, 6) is 0.631. The van der Waals surface area contributed by atoms with Gasteiger partial charge in [-0.05, 0) is 61.6 Å². The number of nitrogens with zero attached hydrogens (tertiary/aromatic N) is 2. The summed E-state index contributed by atoms with van der Waals surface area (Å²) in [6.45, 7) is 12.9. The molecule has 5 heteroatoms. The zero-order valence-corrected chi connectivity index (χ0v) is 20.9. The number of benzene rings is 2. The van der Waals surface area contributed by atoms with E-state index in [2.05, 4.69) is 26.1 Å². The normalized spacial score (nSPS) is 12.1. The molecule has 0 aliphatic carbocycles. The standard InChI is InChI=1S/C27H39N3O2/c1-18(2)14-26(31)28-24-12-13-25(29(7)8)23(16-24)17-30(21(6)19(3)4)27(32)22-11-9-10-20(5)15-22/h9-13,15-16,18-19,21H,14,17H2,1-8H3,(H,28,31)/t21-/m0/s1. The molecule has 0 spiro atoms. The minimum absolute atomic E-state index is 0.00629. The van der Waals surface area contributed by atoms with Crippen LogP contribution in [0.1, 0.15) is 62.5 Å². The van der Waals surface area contributed by atoms with Crippen molar-refractivity contribution < 1.29 is 9.59 Å². The topological polar surface area (TPSA) is 52.7 Å². The quantitative estimate of drug-likeness (QED) is 0.545. The number of anilines is 2. The maximum absolute atomic E-state index is 13.6. The molecular formula is C27H39N3O2. The smallest absolute Gasteiger partial charge is 0.254 e. The van der Waals surface area contributed by atoms with Crippen molar-refractivity contribution in [2.24, 2.45) is 11.8 Å². The highest BCUT2D eigenvalue weighted by Crippen LogP contribution is 2.27. The molecule has 0 fully saturated rings. The SMILES string of the molecule is Cc1cccc(C(=O)N(Cc2cc(NC(=O)CC(C)C)ccc2N(C)C)[C@@H](C)C(C)C)c1. The first-order chi connectivity index (χ1) is 15.0. The summed E-state index contributed by atoms with van der Waals surface area (Å²) < 4.78 is 0. The van der Waals surface area contributed by atoms with Gasteiger partial charge < -0.3 is 15.1 Å². The molecule has 2 amide bonds. The Bertz CT molecular complexity index is 934. The molecule has 32 heavy (non-hydrogen) atoms. The Balaban J connectivity index is 2.42. The zero-order valence-electron chi connectivity index (χ0n) is 20.9. The van der Waals surface area contributed by atoms with Gasteiger partial charge in [-0.3, -0.25) is 9.59 Å². The van der Waals surface area contributed by atoms with Gasteiger partial charge in [-0.1, -0.05) is 45.4 Å². The fraction of sp³-hybridized carbons (Fsp3) is 0.481. The Labute approximate surface area is 193 Å². The van der Waals surface area contributed by atoms with Gasteiger partial charge in [0.2, 0.25) is 5.91 Å². The average Bonchev–Trinajstić information content (AvgIpc) is 2.70. The number of hydrogen-bond acceptors (Lipinski definition) is 3. The predicted molar refractivity (Wildman–Crippen MR) is 134 cm³/mol. The van der Waals surface area contributed by atoms with Crippen molar-refractivity contribution in [2.75, 3.05) is 24.3 Å². The molecule has 174 valence electrons. The van der Waals surface area contributed by atoms with E-state index in [1.807, 2.05) is 87.1 Å². The summed E-state index contributed by atoms with van der Waals surface area (Å²) >= 11 is 0. The van der Waals surface area contributed by atoms with Crippen molar-refractivity contribution in [2.45, 2.75) is 60.5 Å². The lowest BCUT2D eigenvalue weighted by atomic mass is 10.0. The molecular weight excluding hydrogens is 398 g/mol. The van der Waals surface area contributed by atoms with Crippen LogP contribution >= 0.6 is 0 Å². The molecule has 1 atom stereocenters. The van der Waals surface area contributed by atoms with Crippen LogP contribution in [0.25, 0.3) is 0 Å². The number of carbonyl (C=O) groups excluding carboxylic acids is 2. The zero-order chi connectivity index (χ0) is 24.0. The Hall–Kier alpha value is -2.82. The van der Waals surface area contributed by atoms with Gasteiger partial charge in [-0.15, -0.1) is 0 Å². The Morgan fingerprint density at radius 3 is 2.22 bits per heavy atom. The number of rotatable bonds is 9. The second-order valence-corrected chi connectivity index (χ2v) is 9.67. The van der Waals surface area contributed by atoms with E-state index >= 15 is 0 Å². The van der Waals surface area contributed by atoms with Gasteiger partial charge in [0.05, 0.1) is 0 Å². The third kappa shape index (κ3) is 6.84. The van der Waals surface area contributed by atoms with Crippen LogP contribution < -0.4 is 10.2 Å². The van der Waals surface area contributed by atoms with Gasteiger partial charge in [0.1, 0.15) is 0 Å². The number of hydrogen-bond donors (Lipinski definition) is 1. The molecule has 0 bridgehead atoms. The van der Waals surface area contributed by atoms with Crippen LogP contribution in [0.2, 0.25) is 0 Å². The predicted octanol–water partition coefficient (Wildman–Crippen LogP) is 5.73. The molecule has 0 saturated heterocycles. The first-order valence-electron chi connectivity index (χ1n) is 11.5. The van der Waals surface area contributed by atoms with E-state index in [4.69, 9.17) is 0 Å². The van der Waals surface area contributed by atoms with Gasteiger partial charge in [-0.25, -0.2) is 0 Å². The molecule has 2 aromatic carbocycles. The van der Waals surface area contributed by atoms with E-state index in [9.17, 15) is 9.59 Å². The van der Waals surface area contributed by atoms with Crippen LogP contribution in [-0.2, 0) is 11.3 Å². The average molecular weight is 438 g/mol. The summed E-state index contributed by atoms with van der Waals surface area (Å²) in [4.78, 5) is 29.9. The van der Waals surface area contributed by atoms with Gasteiger partial charge in [0.15, 0.2) is 0 Å². The minimum atomic E-state index is 0.00629. The van der Waals surface area contributed by atoms with Crippen molar-refractivity contribution in [1.29, 1.82) is 0 Å². The molecule has 0 aromatic heterocycles. The third-order valence-corrected chi connectivity index (χ3v) is 5.76. The molecule has 2 rings (SSSR count). The number of amides is 2. The van der Waals surface area contributed by atoms with Gasteiger partial charge >= 0.3 is 0 Å². The molecule has 0 unspecified atom stereocenters. The first-order valence-corrected chi connectivity index (χ1v) is 11.5. The summed E-state index contributed by atoms with van der Waals surface area (Å²) in [5.41, 5.74) is 4.56. The minimum Gasteiger partial charge on any atom is -0.377 e. The highest BCUT2D eigenvalue weighted by Gasteiger charge is 2.25. The maximum atomic E-state index is 13.6. The van der Waals surface area contributed by atoms with Crippen molar-refractivity contribution in [3.05, 3.63) is 59.2 Å². The van der Waals surface area contributed by atoms with Crippen LogP contribution in [0.3, 0.4) is 0 Å². The largest absolute Gasteiger partial charge is 0.377 e. The molecule has 5 nitrogen and oxygen atoms in total. The highest BCUT2D eigenvalue weighted by molar-refractivity contribution is 5.95. The number of carbonyl (C=O) groups is 2. The highest BCUT2D eigenvalue weighted by atomic mass is 16.2. The summed E-state index contributed by atoms with van der Waals surface area (Å²) in [6, 6.07) is 13.7. The molecule has 0 aliphatic rings. The summed E-state index contributed by atoms with van der Waals surface area (Å²) in [7, 11) is 3.99. The molecule has 0 aliphatic heterocycles. The maximum Gasteiger partial charge on any atom is 0.254 e. The van der Waals surface area contributed by atoms with Crippen LogP contribution in [-0.4, -0.2) is 36.9 Å². The second kappa shape index (κ2) is 11.2. The van der Waals surface area contributed by atoms with E-state index in [1.165, 1.54) is 0 Å². The third-order valence-electron chi connectivity index (χ3n) is 5.76. The molecule has 0 saturated carbocycles. The first kappa shape index (κ1) is 25.4. The van der Waals surface area contributed by atoms with Crippen molar-refractivity contribution >= 4 is 23.2 Å². The van der Waals surface area contributed by atoms with Crippen LogP contribution in [0.5, 0.6) is 0 Å².